The highest BCUT2D eigenvalue weighted by Gasteiger charge is 1.98. The monoisotopic (exact) mass is 514 g/mol. The van der Waals surface area contributed by atoms with Crippen molar-refractivity contribution in [2.24, 2.45) is 0 Å². The molecular weight excluding hydrogens is 456 g/mol. The molecule has 0 spiro atoms. The van der Waals surface area contributed by atoms with Gasteiger partial charge in [-0.05, 0) is 12.8 Å². The quantitative estimate of drug-likeness (QED) is 0.0761. The standard InChI is InChI=1S/C30H58O6/c31-29(32)35-27-25-23-21-19-17-15-13-11-9-7-5-3-1-2-4-6-8-10-12-14-16-18-20-22-24-26-28-36-30(33)34/h1-28H2,(H,31,32)(H,33,34). The average Bonchev–Trinajstić information content (AvgIpc) is 2.85. The van der Waals surface area contributed by atoms with E-state index in [1.807, 2.05) is 0 Å². The van der Waals surface area contributed by atoms with Gasteiger partial charge in [0.25, 0.3) is 0 Å². The molecule has 0 saturated carbocycles. The van der Waals surface area contributed by atoms with Gasteiger partial charge in [0.1, 0.15) is 0 Å². The van der Waals surface area contributed by atoms with Gasteiger partial charge < -0.3 is 19.7 Å². The largest absolute Gasteiger partial charge is 0.505 e. The zero-order chi connectivity index (χ0) is 26.4. The highest BCUT2D eigenvalue weighted by Crippen LogP contribution is 2.16. The molecule has 0 aromatic carbocycles. The molecule has 0 aliphatic heterocycles. The topological polar surface area (TPSA) is 93.1 Å². The summed E-state index contributed by atoms with van der Waals surface area (Å²) >= 11 is 0. The van der Waals surface area contributed by atoms with E-state index >= 15 is 0 Å². The minimum atomic E-state index is -1.16. The third-order valence-electron chi connectivity index (χ3n) is 6.99. The third kappa shape index (κ3) is 32.5. The van der Waals surface area contributed by atoms with Crippen molar-refractivity contribution in [2.75, 3.05) is 13.2 Å². The van der Waals surface area contributed by atoms with E-state index in [0.717, 1.165) is 25.7 Å². The van der Waals surface area contributed by atoms with Crippen LogP contribution in [0.4, 0.5) is 9.59 Å². The fourth-order valence-corrected chi connectivity index (χ4v) is 4.77. The van der Waals surface area contributed by atoms with Gasteiger partial charge >= 0.3 is 12.3 Å². The molecule has 0 bridgehead atoms. The Morgan fingerprint density at radius 3 is 0.583 bits per heavy atom. The van der Waals surface area contributed by atoms with Crippen LogP contribution in [-0.4, -0.2) is 35.7 Å². The van der Waals surface area contributed by atoms with E-state index in [2.05, 4.69) is 9.47 Å². The molecule has 0 radical (unpaired) electrons. The zero-order valence-corrected chi connectivity index (χ0v) is 23.3. The lowest BCUT2D eigenvalue weighted by Gasteiger charge is -2.04. The number of ether oxygens (including phenoxy) is 2. The molecule has 0 saturated heterocycles. The van der Waals surface area contributed by atoms with Crippen LogP contribution in [0.1, 0.15) is 167 Å². The summed E-state index contributed by atoms with van der Waals surface area (Å²) in [6, 6.07) is 0. The predicted molar refractivity (Wildman–Crippen MR) is 148 cm³/mol. The van der Waals surface area contributed by atoms with Gasteiger partial charge in [0.15, 0.2) is 0 Å². The van der Waals surface area contributed by atoms with Crippen molar-refractivity contribution in [3.05, 3.63) is 0 Å². The predicted octanol–water partition coefficient (Wildman–Crippen LogP) is 10.5. The summed E-state index contributed by atoms with van der Waals surface area (Å²) in [4.78, 5) is 20.5. The molecule has 0 aliphatic carbocycles. The number of carboxylic acid groups (broad SMARTS) is 2. The fourth-order valence-electron chi connectivity index (χ4n) is 4.77. The Labute approximate surface area is 221 Å². The second kappa shape index (κ2) is 29.8. The zero-order valence-electron chi connectivity index (χ0n) is 23.3. The van der Waals surface area contributed by atoms with Crippen LogP contribution in [-0.2, 0) is 9.47 Å². The molecule has 0 atom stereocenters. The third-order valence-corrected chi connectivity index (χ3v) is 6.99. The summed E-state index contributed by atoms with van der Waals surface area (Å²) in [5.41, 5.74) is 0. The molecule has 0 aromatic heterocycles. The minimum Gasteiger partial charge on any atom is -0.450 e. The molecule has 0 rings (SSSR count). The van der Waals surface area contributed by atoms with E-state index in [-0.39, 0.29) is 0 Å². The highest BCUT2D eigenvalue weighted by atomic mass is 16.7. The SMILES string of the molecule is O=C(O)OCCCCCCCCCCCCCCCCCCCCCCCCCCCCOC(=O)O. The molecule has 0 aliphatic rings. The number of carbonyl (C=O) groups is 2. The van der Waals surface area contributed by atoms with Crippen molar-refractivity contribution < 1.29 is 29.3 Å². The lowest BCUT2D eigenvalue weighted by molar-refractivity contribution is 0.0887. The van der Waals surface area contributed by atoms with E-state index in [4.69, 9.17) is 10.2 Å². The minimum absolute atomic E-state index is 0.344. The van der Waals surface area contributed by atoms with Crippen molar-refractivity contribution in [3.8, 4) is 0 Å². The van der Waals surface area contributed by atoms with E-state index in [0.29, 0.717) is 13.2 Å². The summed E-state index contributed by atoms with van der Waals surface area (Å²) in [7, 11) is 0. The summed E-state index contributed by atoms with van der Waals surface area (Å²) in [6.45, 7) is 0.687. The summed E-state index contributed by atoms with van der Waals surface area (Å²) < 4.78 is 9.02. The van der Waals surface area contributed by atoms with E-state index < -0.39 is 12.3 Å². The van der Waals surface area contributed by atoms with Crippen LogP contribution in [0.3, 0.4) is 0 Å². The first-order valence-electron chi connectivity index (χ1n) is 15.3. The van der Waals surface area contributed by atoms with E-state index in [9.17, 15) is 9.59 Å². The summed E-state index contributed by atoms with van der Waals surface area (Å²) in [5.74, 6) is 0. The van der Waals surface area contributed by atoms with Crippen molar-refractivity contribution in [2.45, 2.75) is 167 Å². The number of unbranched alkanes of at least 4 members (excludes halogenated alkanes) is 25. The van der Waals surface area contributed by atoms with Crippen LogP contribution < -0.4 is 0 Å². The average molecular weight is 515 g/mol. The van der Waals surface area contributed by atoms with Crippen molar-refractivity contribution >= 4 is 12.3 Å². The van der Waals surface area contributed by atoms with Gasteiger partial charge in [0.05, 0.1) is 13.2 Å². The fraction of sp³-hybridized carbons (Fsp3) is 0.933. The van der Waals surface area contributed by atoms with Crippen LogP contribution in [0, 0.1) is 0 Å². The van der Waals surface area contributed by atoms with Crippen LogP contribution in [0.25, 0.3) is 0 Å². The van der Waals surface area contributed by atoms with Crippen molar-refractivity contribution in [1.29, 1.82) is 0 Å². The molecule has 0 aromatic rings. The second-order valence-electron chi connectivity index (χ2n) is 10.4. The normalized spacial score (nSPS) is 11.0. The van der Waals surface area contributed by atoms with Crippen LogP contribution in [0.2, 0.25) is 0 Å². The van der Waals surface area contributed by atoms with Crippen molar-refractivity contribution in [1.82, 2.24) is 0 Å². The first-order chi connectivity index (χ1) is 17.6. The Morgan fingerprint density at radius 1 is 0.306 bits per heavy atom. The molecule has 36 heavy (non-hydrogen) atoms. The van der Waals surface area contributed by atoms with Crippen molar-refractivity contribution in [3.63, 3.8) is 0 Å². The molecular formula is C30H58O6. The Hall–Kier alpha value is -1.46. The van der Waals surface area contributed by atoms with Gasteiger partial charge in [0, 0.05) is 0 Å². The number of hydrogen-bond acceptors (Lipinski definition) is 4. The first-order valence-corrected chi connectivity index (χ1v) is 15.3. The Morgan fingerprint density at radius 2 is 0.444 bits per heavy atom. The molecule has 0 heterocycles. The molecule has 0 unspecified atom stereocenters. The summed E-state index contributed by atoms with van der Waals surface area (Å²) in [5, 5.41) is 16.8. The Kier molecular flexibility index (Phi) is 28.6. The molecule has 6 nitrogen and oxygen atoms in total. The smallest absolute Gasteiger partial charge is 0.450 e. The number of hydrogen-bond donors (Lipinski definition) is 2. The molecule has 0 amide bonds. The lowest BCUT2D eigenvalue weighted by atomic mass is 10.0. The Balaban J connectivity index is 3.03. The maximum atomic E-state index is 10.2. The van der Waals surface area contributed by atoms with Crippen LogP contribution in [0.15, 0.2) is 0 Å². The first kappa shape index (κ1) is 34.5. The summed E-state index contributed by atoms with van der Waals surface area (Å²) in [6.07, 6.45) is 31.4. The highest BCUT2D eigenvalue weighted by molar-refractivity contribution is 5.56. The van der Waals surface area contributed by atoms with Gasteiger partial charge in [-0.1, -0.05) is 154 Å². The lowest BCUT2D eigenvalue weighted by Crippen LogP contribution is -2.01. The molecule has 6 heteroatoms. The maximum absolute atomic E-state index is 10.2. The molecule has 0 fully saturated rings. The van der Waals surface area contributed by atoms with Crippen LogP contribution >= 0.6 is 0 Å². The Bertz CT molecular complexity index is 426. The van der Waals surface area contributed by atoms with E-state index in [1.165, 1.54) is 141 Å². The van der Waals surface area contributed by atoms with Gasteiger partial charge in [0.2, 0.25) is 0 Å². The van der Waals surface area contributed by atoms with Gasteiger partial charge in [-0.3, -0.25) is 0 Å². The van der Waals surface area contributed by atoms with Gasteiger partial charge in [-0.25, -0.2) is 9.59 Å². The maximum Gasteiger partial charge on any atom is 0.505 e. The molecule has 2 N–H and O–H groups in total. The van der Waals surface area contributed by atoms with Gasteiger partial charge in [-0.2, -0.15) is 0 Å². The van der Waals surface area contributed by atoms with E-state index in [1.54, 1.807) is 0 Å². The van der Waals surface area contributed by atoms with Gasteiger partial charge in [-0.15, -0.1) is 0 Å². The number of rotatable bonds is 29. The molecule has 214 valence electrons. The second-order valence-corrected chi connectivity index (χ2v) is 10.4. The van der Waals surface area contributed by atoms with Crippen LogP contribution in [0.5, 0.6) is 0 Å².